The van der Waals surface area contributed by atoms with Crippen LogP contribution in [-0.2, 0) is 5.54 Å². The van der Waals surface area contributed by atoms with Gasteiger partial charge >= 0.3 is 0 Å². The van der Waals surface area contributed by atoms with Crippen molar-refractivity contribution in [1.82, 2.24) is 20.3 Å². The summed E-state index contributed by atoms with van der Waals surface area (Å²) in [5.41, 5.74) is 0.625. The molecule has 0 unspecified atom stereocenters. The largest absolute Gasteiger partial charge is 0.393 e. The lowest BCUT2D eigenvalue weighted by molar-refractivity contribution is 0.0835. The average Bonchev–Trinajstić information content (AvgIpc) is 3.15. The van der Waals surface area contributed by atoms with E-state index < -0.39 is 0 Å². The first-order valence-corrected chi connectivity index (χ1v) is 10.3. The third-order valence-corrected chi connectivity index (χ3v) is 6.68. The van der Waals surface area contributed by atoms with Gasteiger partial charge in [0, 0.05) is 12.1 Å². The maximum atomic E-state index is 12.4. The van der Waals surface area contributed by atoms with Crippen LogP contribution < -0.4 is 16.0 Å². The second-order valence-corrected chi connectivity index (χ2v) is 8.67. The Bertz CT molecular complexity index is 872. The van der Waals surface area contributed by atoms with Gasteiger partial charge < -0.3 is 21.1 Å². The fourth-order valence-electron chi connectivity index (χ4n) is 4.23. The Balaban J connectivity index is 1.34. The van der Waals surface area contributed by atoms with Crippen molar-refractivity contribution in [3.63, 3.8) is 0 Å². The van der Waals surface area contributed by atoms with Gasteiger partial charge in [-0.05, 0) is 25.7 Å². The molecule has 3 aliphatic rings. The van der Waals surface area contributed by atoms with E-state index in [0.29, 0.717) is 10.9 Å². The number of thiazole rings is 1. The summed E-state index contributed by atoms with van der Waals surface area (Å²) < 4.78 is 0. The molecule has 1 spiro atoms. The summed E-state index contributed by atoms with van der Waals surface area (Å²) in [4.78, 5) is 26.4. The summed E-state index contributed by atoms with van der Waals surface area (Å²) in [7, 11) is 0. The number of aliphatic hydroxyl groups excluding tert-OH is 1. The molecule has 2 fully saturated rings. The van der Waals surface area contributed by atoms with Gasteiger partial charge in [-0.2, -0.15) is 0 Å². The van der Waals surface area contributed by atoms with Gasteiger partial charge in [-0.1, -0.05) is 30.6 Å². The van der Waals surface area contributed by atoms with Crippen molar-refractivity contribution >= 4 is 34.0 Å². The van der Waals surface area contributed by atoms with E-state index in [-0.39, 0.29) is 23.6 Å². The number of aromatic nitrogens is 3. The van der Waals surface area contributed by atoms with Crippen LogP contribution in [0.25, 0.3) is 0 Å². The Hall–Kier alpha value is -2.26. The van der Waals surface area contributed by atoms with Gasteiger partial charge in [0.2, 0.25) is 0 Å². The normalized spacial score (nSPS) is 25.6. The summed E-state index contributed by atoms with van der Waals surface area (Å²) in [5, 5.41) is 19.8. The van der Waals surface area contributed by atoms with Crippen LogP contribution in [-0.4, -0.2) is 38.1 Å². The molecule has 2 aliphatic carbocycles. The lowest BCUT2D eigenvalue weighted by atomic mass is 9.81. The zero-order valence-electron chi connectivity index (χ0n) is 14.9. The van der Waals surface area contributed by atoms with Crippen LogP contribution in [0.15, 0.2) is 12.4 Å². The number of hydrogen-bond acceptors (Lipinski definition) is 8. The van der Waals surface area contributed by atoms with Gasteiger partial charge in [-0.15, -0.1) is 0 Å². The van der Waals surface area contributed by atoms with Crippen LogP contribution in [0, 0.1) is 0 Å². The molecule has 0 bridgehead atoms. The first kappa shape index (κ1) is 16.9. The Labute approximate surface area is 160 Å². The molecule has 1 amide bonds. The summed E-state index contributed by atoms with van der Waals surface area (Å²) in [6, 6.07) is 2.08. The van der Waals surface area contributed by atoms with E-state index >= 15 is 0 Å². The number of amides is 1. The van der Waals surface area contributed by atoms with Crippen LogP contribution in [0.5, 0.6) is 0 Å². The minimum Gasteiger partial charge on any atom is -0.393 e. The Kier molecular flexibility index (Phi) is 4.01. The van der Waals surface area contributed by atoms with Crippen LogP contribution in [0.4, 0.5) is 16.8 Å². The molecule has 2 saturated carbocycles. The molecule has 27 heavy (non-hydrogen) atoms. The summed E-state index contributed by atoms with van der Waals surface area (Å²) >= 11 is 1.38. The lowest BCUT2D eigenvalue weighted by Gasteiger charge is -2.32. The van der Waals surface area contributed by atoms with E-state index in [1.54, 1.807) is 0 Å². The second-order valence-electron chi connectivity index (χ2n) is 7.67. The molecule has 3 heterocycles. The van der Waals surface area contributed by atoms with Crippen LogP contribution in [0.1, 0.15) is 60.3 Å². The minimum absolute atomic E-state index is 0.00830. The predicted octanol–water partition coefficient (Wildman–Crippen LogP) is 2.51. The van der Waals surface area contributed by atoms with Crippen LogP contribution in [0.3, 0.4) is 0 Å². The van der Waals surface area contributed by atoms with E-state index in [9.17, 15) is 9.90 Å². The zero-order chi connectivity index (χ0) is 18.4. The van der Waals surface area contributed by atoms with Crippen molar-refractivity contribution in [2.75, 3.05) is 10.6 Å². The van der Waals surface area contributed by atoms with Crippen molar-refractivity contribution in [1.29, 1.82) is 0 Å². The molecule has 142 valence electrons. The molecule has 5 rings (SSSR count). The average molecular weight is 386 g/mol. The smallest absolute Gasteiger partial charge is 0.264 e. The van der Waals surface area contributed by atoms with Gasteiger partial charge in [0.1, 0.15) is 22.8 Å². The molecule has 8 nitrogen and oxygen atoms in total. The molecular weight excluding hydrogens is 364 g/mol. The monoisotopic (exact) mass is 386 g/mol. The standard InChI is InChI=1S/C18H22N6O2S/c25-11-6-10(7-11)21-12-8-13(20-9-19-12)22-17-23-15-14(27-17)16(26)24-18(15)4-2-1-3-5-18/h8-11,25H,1-7H2,(H,24,26)(H2,19,20,21,22,23)/t10-,11+. The third kappa shape index (κ3) is 3.04. The fraction of sp³-hybridized carbons (Fsp3) is 0.556. The molecular formula is C18H22N6O2S. The summed E-state index contributed by atoms with van der Waals surface area (Å²) in [6.45, 7) is 0. The Morgan fingerprint density at radius 2 is 1.96 bits per heavy atom. The number of rotatable bonds is 4. The number of nitrogens with zero attached hydrogens (tertiary/aromatic N) is 3. The molecule has 0 atom stereocenters. The fourth-order valence-corrected chi connectivity index (χ4v) is 5.20. The number of carbonyl (C=O) groups is 1. The quantitative estimate of drug-likeness (QED) is 0.639. The minimum atomic E-state index is -0.273. The number of carbonyl (C=O) groups excluding carboxylic acids is 1. The highest BCUT2D eigenvalue weighted by atomic mass is 32.1. The first-order valence-electron chi connectivity index (χ1n) is 9.49. The van der Waals surface area contributed by atoms with Crippen molar-refractivity contribution in [3.05, 3.63) is 23.0 Å². The summed E-state index contributed by atoms with van der Waals surface area (Å²) in [5.74, 6) is 1.35. The van der Waals surface area contributed by atoms with Crippen molar-refractivity contribution in [2.45, 2.75) is 62.6 Å². The molecule has 2 aromatic heterocycles. The first-order chi connectivity index (χ1) is 13.1. The number of fused-ring (bicyclic) bond motifs is 2. The van der Waals surface area contributed by atoms with E-state index in [4.69, 9.17) is 4.98 Å². The van der Waals surface area contributed by atoms with Gasteiger partial charge in [-0.25, -0.2) is 15.0 Å². The zero-order valence-corrected chi connectivity index (χ0v) is 15.7. The van der Waals surface area contributed by atoms with E-state index in [2.05, 4.69) is 25.9 Å². The summed E-state index contributed by atoms with van der Waals surface area (Å²) in [6.07, 6.45) is 8.15. The molecule has 0 aromatic carbocycles. The molecule has 1 aliphatic heterocycles. The van der Waals surface area contributed by atoms with Gasteiger partial charge in [0.15, 0.2) is 5.13 Å². The topological polar surface area (TPSA) is 112 Å². The molecule has 4 N–H and O–H groups in total. The van der Waals surface area contributed by atoms with E-state index in [1.165, 1.54) is 24.1 Å². The van der Waals surface area contributed by atoms with E-state index in [1.807, 2.05) is 6.07 Å². The van der Waals surface area contributed by atoms with Crippen LogP contribution >= 0.6 is 11.3 Å². The Morgan fingerprint density at radius 3 is 2.74 bits per heavy atom. The molecule has 9 heteroatoms. The van der Waals surface area contributed by atoms with Gasteiger partial charge in [-0.3, -0.25) is 4.79 Å². The highest BCUT2D eigenvalue weighted by Crippen LogP contribution is 2.45. The van der Waals surface area contributed by atoms with Crippen molar-refractivity contribution < 1.29 is 9.90 Å². The maximum Gasteiger partial charge on any atom is 0.264 e. The highest BCUT2D eigenvalue weighted by Gasteiger charge is 2.46. The van der Waals surface area contributed by atoms with E-state index in [0.717, 1.165) is 54.9 Å². The lowest BCUT2D eigenvalue weighted by Crippen LogP contribution is -2.41. The highest BCUT2D eigenvalue weighted by molar-refractivity contribution is 7.17. The SMILES string of the molecule is O=C1NC2(CCCCC2)c2nc(Nc3cc(N[C@H]4C[C@@H](O)C4)ncn3)sc21. The molecule has 0 saturated heterocycles. The van der Waals surface area contributed by atoms with Gasteiger partial charge in [0.25, 0.3) is 5.91 Å². The number of anilines is 3. The Morgan fingerprint density at radius 1 is 1.19 bits per heavy atom. The number of nitrogens with one attached hydrogen (secondary N) is 3. The predicted molar refractivity (Wildman–Crippen MR) is 102 cm³/mol. The molecule has 0 radical (unpaired) electrons. The maximum absolute atomic E-state index is 12.4. The second kappa shape index (κ2) is 6.42. The van der Waals surface area contributed by atoms with Crippen LogP contribution in [0.2, 0.25) is 0 Å². The van der Waals surface area contributed by atoms with Crippen molar-refractivity contribution in [2.24, 2.45) is 0 Å². The third-order valence-electron chi connectivity index (χ3n) is 5.71. The number of hydrogen-bond donors (Lipinski definition) is 4. The molecule has 2 aromatic rings. The number of aliphatic hydroxyl groups is 1. The van der Waals surface area contributed by atoms with Gasteiger partial charge in [0.05, 0.1) is 17.3 Å². The van der Waals surface area contributed by atoms with Crippen molar-refractivity contribution in [3.8, 4) is 0 Å².